The van der Waals surface area contributed by atoms with Crippen molar-refractivity contribution in [1.82, 2.24) is 10.2 Å². The lowest BCUT2D eigenvalue weighted by atomic mass is 9.89. The Hall–Kier alpha value is -0.320. The third-order valence-electron chi connectivity index (χ3n) is 4.53. The molecule has 3 nitrogen and oxygen atoms in total. The van der Waals surface area contributed by atoms with Crippen LogP contribution in [0.5, 0.6) is 0 Å². The molecule has 1 N–H and O–H groups in total. The molecule has 2 aliphatic heterocycles. The molecule has 1 aromatic rings. The van der Waals surface area contributed by atoms with Gasteiger partial charge in [-0.05, 0) is 36.1 Å². The maximum absolute atomic E-state index is 6.12. The summed E-state index contributed by atoms with van der Waals surface area (Å²) < 4.78 is 5.93. The van der Waals surface area contributed by atoms with E-state index in [0.29, 0.717) is 15.5 Å². The van der Waals surface area contributed by atoms with Crippen LogP contribution in [-0.4, -0.2) is 44.2 Å². The Morgan fingerprint density at radius 2 is 2.24 bits per heavy atom. The fraction of sp³-hybridized carbons (Fsp3) is 0.625. The second-order valence-electron chi connectivity index (χ2n) is 6.51. The number of hydrogen-bond donors (Lipinski definition) is 1. The molecule has 0 aromatic heterocycles. The third kappa shape index (κ3) is 3.72. The predicted molar refractivity (Wildman–Crippen MR) is 87.2 cm³/mol. The van der Waals surface area contributed by atoms with Gasteiger partial charge < -0.3 is 10.1 Å². The van der Waals surface area contributed by atoms with Crippen molar-refractivity contribution in [2.75, 3.05) is 39.3 Å². The molecule has 0 aliphatic carbocycles. The van der Waals surface area contributed by atoms with Crippen molar-refractivity contribution in [2.45, 2.75) is 19.4 Å². The highest BCUT2D eigenvalue weighted by Crippen LogP contribution is 2.31. The zero-order valence-corrected chi connectivity index (χ0v) is 13.9. The van der Waals surface area contributed by atoms with Crippen molar-refractivity contribution in [3.05, 3.63) is 33.8 Å². The molecule has 0 amide bonds. The van der Waals surface area contributed by atoms with Gasteiger partial charge in [-0.15, -0.1) is 0 Å². The molecule has 2 aliphatic rings. The highest BCUT2D eigenvalue weighted by Gasteiger charge is 2.33. The van der Waals surface area contributed by atoms with E-state index in [1.165, 1.54) is 6.42 Å². The van der Waals surface area contributed by atoms with Gasteiger partial charge in [0.25, 0.3) is 0 Å². The summed E-state index contributed by atoms with van der Waals surface area (Å²) in [5.74, 6) is 0. The van der Waals surface area contributed by atoms with Crippen molar-refractivity contribution in [3.63, 3.8) is 0 Å². The number of nitrogens with zero attached hydrogens (tertiary/aromatic N) is 1. The second-order valence-corrected chi connectivity index (χ2v) is 7.32. The maximum Gasteiger partial charge on any atom is 0.0952 e. The van der Waals surface area contributed by atoms with Crippen LogP contribution in [0.2, 0.25) is 10.0 Å². The molecule has 0 spiro atoms. The lowest BCUT2D eigenvalue weighted by Gasteiger charge is -2.38. The van der Waals surface area contributed by atoms with Gasteiger partial charge in [-0.3, -0.25) is 4.90 Å². The number of nitrogens with one attached hydrogen (secondary N) is 1. The van der Waals surface area contributed by atoms with Gasteiger partial charge in [0, 0.05) is 26.2 Å². The number of hydrogen-bond acceptors (Lipinski definition) is 3. The molecule has 0 saturated carbocycles. The van der Waals surface area contributed by atoms with E-state index in [0.717, 1.165) is 44.9 Å². The Kier molecular flexibility index (Phi) is 4.77. The van der Waals surface area contributed by atoms with Gasteiger partial charge in [0.1, 0.15) is 0 Å². The average Bonchev–Trinajstić information content (AvgIpc) is 2.88. The first-order valence-corrected chi connectivity index (χ1v) is 8.31. The quantitative estimate of drug-likeness (QED) is 0.920. The van der Waals surface area contributed by atoms with E-state index in [9.17, 15) is 0 Å². The van der Waals surface area contributed by atoms with Crippen LogP contribution in [-0.2, 0) is 4.74 Å². The van der Waals surface area contributed by atoms with Gasteiger partial charge in [-0.1, -0.05) is 36.2 Å². The van der Waals surface area contributed by atoms with Crippen LogP contribution < -0.4 is 5.32 Å². The molecule has 2 atom stereocenters. The highest BCUT2D eigenvalue weighted by atomic mass is 35.5. The van der Waals surface area contributed by atoms with Crippen LogP contribution in [0.3, 0.4) is 0 Å². The lowest BCUT2D eigenvalue weighted by molar-refractivity contribution is -0.0400. The summed E-state index contributed by atoms with van der Waals surface area (Å²) >= 11 is 12.1. The molecular weight excluding hydrogens is 307 g/mol. The highest BCUT2D eigenvalue weighted by molar-refractivity contribution is 6.42. The van der Waals surface area contributed by atoms with Crippen molar-refractivity contribution in [3.8, 4) is 0 Å². The van der Waals surface area contributed by atoms with Gasteiger partial charge in [0.15, 0.2) is 0 Å². The fourth-order valence-corrected chi connectivity index (χ4v) is 3.61. The topological polar surface area (TPSA) is 24.5 Å². The molecule has 2 fully saturated rings. The van der Waals surface area contributed by atoms with E-state index in [-0.39, 0.29) is 6.10 Å². The zero-order chi connectivity index (χ0) is 14.9. The molecule has 5 heteroatoms. The van der Waals surface area contributed by atoms with Crippen molar-refractivity contribution >= 4 is 23.2 Å². The minimum Gasteiger partial charge on any atom is -0.371 e. The Labute approximate surface area is 136 Å². The van der Waals surface area contributed by atoms with E-state index in [4.69, 9.17) is 27.9 Å². The third-order valence-corrected chi connectivity index (χ3v) is 5.27. The van der Waals surface area contributed by atoms with E-state index in [1.807, 2.05) is 18.2 Å². The minimum absolute atomic E-state index is 0.0893. The predicted octanol–water partition coefficient (Wildman–Crippen LogP) is 3.37. The summed E-state index contributed by atoms with van der Waals surface area (Å²) in [6.07, 6.45) is 1.34. The lowest BCUT2D eigenvalue weighted by Crippen LogP contribution is -2.44. The van der Waals surface area contributed by atoms with E-state index < -0.39 is 0 Å². The number of ether oxygens (including phenoxy) is 1. The molecule has 2 heterocycles. The van der Waals surface area contributed by atoms with Gasteiger partial charge in [-0.25, -0.2) is 0 Å². The fourth-order valence-electron chi connectivity index (χ4n) is 3.30. The standard InChI is InChI=1S/C16H22Cl2N2O/c1-16(4-5-19-10-16)11-20-6-7-21-15(9-20)12-2-3-13(17)14(18)8-12/h2-3,8,15,19H,4-7,9-11H2,1H3. The number of rotatable bonds is 3. The van der Waals surface area contributed by atoms with Crippen LogP contribution in [0.1, 0.15) is 25.0 Å². The second kappa shape index (κ2) is 6.43. The Morgan fingerprint density at radius 1 is 1.38 bits per heavy atom. The zero-order valence-electron chi connectivity index (χ0n) is 12.4. The van der Waals surface area contributed by atoms with E-state index in [2.05, 4.69) is 17.1 Å². The monoisotopic (exact) mass is 328 g/mol. The molecule has 116 valence electrons. The van der Waals surface area contributed by atoms with Crippen molar-refractivity contribution in [1.29, 1.82) is 0 Å². The molecule has 1 aromatic carbocycles. The molecule has 2 saturated heterocycles. The van der Waals surface area contributed by atoms with Crippen LogP contribution in [0.15, 0.2) is 18.2 Å². The average molecular weight is 329 g/mol. The van der Waals surface area contributed by atoms with Crippen molar-refractivity contribution < 1.29 is 4.74 Å². The minimum atomic E-state index is 0.0893. The summed E-state index contributed by atoms with van der Waals surface area (Å²) in [5.41, 5.74) is 1.50. The Morgan fingerprint density at radius 3 is 2.95 bits per heavy atom. The summed E-state index contributed by atoms with van der Waals surface area (Å²) in [6.45, 7) is 8.45. The van der Waals surface area contributed by atoms with Crippen LogP contribution in [0.4, 0.5) is 0 Å². The smallest absolute Gasteiger partial charge is 0.0952 e. The molecule has 3 rings (SSSR count). The SMILES string of the molecule is CC1(CN2CCOC(c3ccc(Cl)c(Cl)c3)C2)CCNC1. The first-order chi connectivity index (χ1) is 10.1. The molecule has 0 radical (unpaired) electrons. The molecular formula is C16H22Cl2N2O. The van der Waals surface area contributed by atoms with Crippen molar-refractivity contribution in [2.24, 2.45) is 5.41 Å². The Balaban J connectivity index is 1.66. The van der Waals surface area contributed by atoms with E-state index in [1.54, 1.807) is 0 Å². The van der Waals surface area contributed by atoms with Crippen LogP contribution in [0, 0.1) is 5.41 Å². The summed E-state index contributed by atoms with van der Waals surface area (Å²) in [5, 5.41) is 4.66. The van der Waals surface area contributed by atoms with Gasteiger partial charge in [-0.2, -0.15) is 0 Å². The summed E-state index contributed by atoms with van der Waals surface area (Å²) in [7, 11) is 0. The number of halogens is 2. The van der Waals surface area contributed by atoms with Gasteiger partial charge in [0.05, 0.1) is 22.8 Å². The Bertz CT molecular complexity index is 503. The largest absolute Gasteiger partial charge is 0.371 e. The van der Waals surface area contributed by atoms with Gasteiger partial charge in [0.2, 0.25) is 0 Å². The first kappa shape index (κ1) is 15.6. The number of morpholine rings is 1. The first-order valence-electron chi connectivity index (χ1n) is 7.55. The molecule has 0 bridgehead atoms. The maximum atomic E-state index is 6.12. The van der Waals surface area contributed by atoms with Crippen LogP contribution >= 0.6 is 23.2 Å². The summed E-state index contributed by atoms with van der Waals surface area (Å²) in [6, 6.07) is 5.79. The molecule has 21 heavy (non-hydrogen) atoms. The summed E-state index contributed by atoms with van der Waals surface area (Å²) in [4.78, 5) is 2.52. The molecule has 2 unspecified atom stereocenters. The van der Waals surface area contributed by atoms with E-state index >= 15 is 0 Å². The van der Waals surface area contributed by atoms with Gasteiger partial charge >= 0.3 is 0 Å². The van der Waals surface area contributed by atoms with Crippen LogP contribution in [0.25, 0.3) is 0 Å². The normalized spacial score (nSPS) is 30.7. The number of benzene rings is 1.